The third-order valence-electron chi connectivity index (χ3n) is 3.23. The summed E-state index contributed by atoms with van der Waals surface area (Å²) in [6.07, 6.45) is 4.92. The van der Waals surface area contributed by atoms with Crippen LogP contribution in [0.3, 0.4) is 0 Å². The van der Waals surface area contributed by atoms with E-state index in [-0.39, 0.29) is 19.7 Å². The lowest BCUT2D eigenvalue weighted by atomic mass is 10.1. The summed E-state index contributed by atoms with van der Waals surface area (Å²) >= 11 is 0. The molecule has 6 heteroatoms. The number of carbonyl (C=O) groups is 2. The lowest BCUT2D eigenvalue weighted by Gasteiger charge is -2.19. The molecule has 1 aromatic carbocycles. The van der Waals surface area contributed by atoms with Crippen molar-refractivity contribution in [3.63, 3.8) is 0 Å². The molecule has 2 rings (SSSR count). The van der Waals surface area contributed by atoms with Crippen LogP contribution in [0.1, 0.15) is 12.7 Å². The Balaban J connectivity index is 2.11. The molecule has 124 valence electrons. The number of rotatable bonds is 6. The molecule has 1 aromatic heterocycles. The SMILES string of the molecule is C=CCN(Cc1ncc(-c2ccccc2)cn1)C(=O)C(=O)OCC. The maximum atomic E-state index is 12.1. The van der Waals surface area contributed by atoms with E-state index in [9.17, 15) is 9.59 Å². The van der Waals surface area contributed by atoms with Gasteiger partial charge in [0.1, 0.15) is 5.82 Å². The quantitative estimate of drug-likeness (QED) is 0.462. The Morgan fingerprint density at radius 3 is 2.42 bits per heavy atom. The van der Waals surface area contributed by atoms with Crippen LogP contribution in [-0.2, 0) is 20.9 Å². The minimum absolute atomic E-state index is 0.110. The lowest BCUT2D eigenvalue weighted by Crippen LogP contribution is -2.37. The molecule has 0 aliphatic rings. The average molecular weight is 325 g/mol. The van der Waals surface area contributed by atoms with Gasteiger partial charge in [-0.3, -0.25) is 4.79 Å². The molecule has 1 heterocycles. The van der Waals surface area contributed by atoms with E-state index in [1.54, 1.807) is 19.3 Å². The second-order valence-corrected chi connectivity index (χ2v) is 4.95. The number of carbonyl (C=O) groups excluding carboxylic acids is 2. The summed E-state index contributed by atoms with van der Waals surface area (Å²) in [5, 5.41) is 0. The van der Waals surface area contributed by atoms with Crippen molar-refractivity contribution < 1.29 is 14.3 Å². The first-order valence-corrected chi connectivity index (χ1v) is 7.59. The minimum atomic E-state index is -0.889. The molecule has 0 N–H and O–H groups in total. The molecule has 0 bridgehead atoms. The van der Waals surface area contributed by atoms with E-state index in [0.717, 1.165) is 11.1 Å². The molecule has 0 atom stereocenters. The topological polar surface area (TPSA) is 72.4 Å². The molecule has 0 fully saturated rings. The molecule has 0 aliphatic heterocycles. The van der Waals surface area contributed by atoms with Gasteiger partial charge in [-0.15, -0.1) is 6.58 Å². The number of benzene rings is 1. The zero-order valence-corrected chi connectivity index (χ0v) is 13.5. The van der Waals surface area contributed by atoms with Crippen LogP contribution in [-0.4, -0.2) is 39.9 Å². The molecule has 24 heavy (non-hydrogen) atoms. The van der Waals surface area contributed by atoms with Gasteiger partial charge in [0.05, 0.1) is 13.2 Å². The lowest BCUT2D eigenvalue weighted by molar-refractivity contribution is -0.159. The van der Waals surface area contributed by atoms with Crippen molar-refractivity contribution in [1.29, 1.82) is 0 Å². The van der Waals surface area contributed by atoms with Crippen LogP contribution in [0.4, 0.5) is 0 Å². The van der Waals surface area contributed by atoms with E-state index in [2.05, 4.69) is 16.5 Å². The average Bonchev–Trinajstić information content (AvgIpc) is 2.62. The van der Waals surface area contributed by atoms with Crippen molar-refractivity contribution in [3.8, 4) is 11.1 Å². The highest BCUT2D eigenvalue weighted by Crippen LogP contribution is 2.16. The van der Waals surface area contributed by atoms with Gasteiger partial charge >= 0.3 is 11.9 Å². The third kappa shape index (κ3) is 4.49. The number of hydrogen-bond acceptors (Lipinski definition) is 5. The molecule has 6 nitrogen and oxygen atoms in total. The van der Waals surface area contributed by atoms with Crippen molar-refractivity contribution in [2.45, 2.75) is 13.5 Å². The van der Waals surface area contributed by atoms with E-state index < -0.39 is 11.9 Å². The maximum Gasteiger partial charge on any atom is 0.397 e. The van der Waals surface area contributed by atoms with Crippen molar-refractivity contribution in [2.24, 2.45) is 0 Å². The highest BCUT2D eigenvalue weighted by Gasteiger charge is 2.23. The van der Waals surface area contributed by atoms with Gasteiger partial charge in [0.25, 0.3) is 0 Å². The fraction of sp³-hybridized carbons (Fsp3) is 0.222. The fourth-order valence-corrected chi connectivity index (χ4v) is 2.08. The number of ether oxygens (including phenoxy) is 1. The standard InChI is InChI=1S/C18H19N3O3/c1-3-10-21(17(22)18(23)24-4-2)13-16-19-11-15(12-20-16)14-8-6-5-7-9-14/h3,5-9,11-12H,1,4,10,13H2,2H3. The van der Waals surface area contributed by atoms with Crippen LogP contribution < -0.4 is 0 Å². The zero-order valence-electron chi connectivity index (χ0n) is 13.5. The molecule has 0 radical (unpaired) electrons. The summed E-state index contributed by atoms with van der Waals surface area (Å²) in [7, 11) is 0. The summed E-state index contributed by atoms with van der Waals surface area (Å²) in [5.74, 6) is -1.18. The van der Waals surface area contributed by atoms with Gasteiger partial charge < -0.3 is 9.64 Å². The van der Waals surface area contributed by atoms with Crippen molar-refractivity contribution in [3.05, 3.63) is 61.2 Å². The Labute approximate surface area is 140 Å². The molecule has 0 saturated heterocycles. The first-order chi connectivity index (χ1) is 11.7. The Morgan fingerprint density at radius 1 is 1.17 bits per heavy atom. The monoisotopic (exact) mass is 325 g/mol. The molecule has 0 saturated carbocycles. The molecule has 0 spiro atoms. The van der Waals surface area contributed by atoms with Crippen molar-refractivity contribution in [2.75, 3.05) is 13.2 Å². The molecular weight excluding hydrogens is 306 g/mol. The Bertz CT molecular complexity index is 699. The van der Waals surface area contributed by atoms with Gasteiger partial charge in [-0.05, 0) is 12.5 Å². The predicted molar refractivity (Wildman–Crippen MR) is 89.7 cm³/mol. The van der Waals surface area contributed by atoms with E-state index in [1.807, 2.05) is 30.3 Å². The van der Waals surface area contributed by atoms with Gasteiger partial charge in [0, 0.05) is 24.5 Å². The molecular formula is C18H19N3O3. The third-order valence-corrected chi connectivity index (χ3v) is 3.23. The van der Waals surface area contributed by atoms with Crippen LogP contribution in [0, 0.1) is 0 Å². The normalized spacial score (nSPS) is 10.0. The summed E-state index contributed by atoms with van der Waals surface area (Å²) in [6.45, 7) is 5.71. The fourth-order valence-electron chi connectivity index (χ4n) is 2.08. The maximum absolute atomic E-state index is 12.1. The number of esters is 1. The molecule has 0 aliphatic carbocycles. The van der Waals surface area contributed by atoms with Crippen LogP contribution in [0.25, 0.3) is 11.1 Å². The number of hydrogen-bond donors (Lipinski definition) is 0. The summed E-state index contributed by atoms with van der Waals surface area (Å²) < 4.78 is 4.74. The van der Waals surface area contributed by atoms with Gasteiger partial charge in [0.2, 0.25) is 0 Å². The smallest absolute Gasteiger partial charge is 0.397 e. The molecule has 1 amide bonds. The Kier molecular flexibility index (Phi) is 6.19. The summed E-state index contributed by atoms with van der Waals surface area (Å²) in [5.41, 5.74) is 1.89. The predicted octanol–water partition coefficient (Wildman–Crippen LogP) is 2.22. The van der Waals surface area contributed by atoms with Gasteiger partial charge in [0.15, 0.2) is 0 Å². The van der Waals surface area contributed by atoms with Crippen LogP contribution >= 0.6 is 0 Å². The van der Waals surface area contributed by atoms with Crippen LogP contribution in [0.2, 0.25) is 0 Å². The van der Waals surface area contributed by atoms with Crippen molar-refractivity contribution in [1.82, 2.24) is 14.9 Å². The van der Waals surface area contributed by atoms with Gasteiger partial charge in [-0.2, -0.15) is 0 Å². The van der Waals surface area contributed by atoms with E-state index in [4.69, 9.17) is 4.74 Å². The second-order valence-electron chi connectivity index (χ2n) is 4.95. The molecule has 2 aromatic rings. The Hall–Kier alpha value is -3.02. The van der Waals surface area contributed by atoms with Crippen molar-refractivity contribution >= 4 is 11.9 Å². The first-order valence-electron chi connectivity index (χ1n) is 7.59. The summed E-state index contributed by atoms with van der Waals surface area (Å²) in [6, 6.07) is 9.74. The second kappa shape index (κ2) is 8.57. The van der Waals surface area contributed by atoms with Gasteiger partial charge in [-0.1, -0.05) is 36.4 Å². The number of amides is 1. The van der Waals surface area contributed by atoms with Gasteiger partial charge in [-0.25, -0.2) is 14.8 Å². The first kappa shape index (κ1) is 17.3. The summed E-state index contributed by atoms with van der Waals surface area (Å²) in [4.78, 5) is 33.5. The zero-order chi connectivity index (χ0) is 17.4. The minimum Gasteiger partial charge on any atom is -0.459 e. The largest absolute Gasteiger partial charge is 0.459 e. The van der Waals surface area contributed by atoms with E-state index >= 15 is 0 Å². The van der Waals surface area contributed by atoms with Crippen LogP contribution in [0.5, 0.6) is 0 Å². The highest BCUT2D eigenvalue weighted by atomic mass is 16.5. The highest BCUT2D eigenvalue weighted by molar-refractivity contribution is 6.32. The Morgan fingerprint density at radius 2 is 1.83 bits per heavy atom. The van der Waals surface area contributed by atoms with E-state index in [1.165, 1.54) is 11.0 Å². The van der Waals surface area contributed by atoms with E-state index in [0.29, 0.717) is 5.82 Å². The number of aromatic nitrogens is 2. The number of nitrogens with zero attached hydrogens (tertiary/aromatic N) is 3. The molecule has 0 unspecified atom stereocenters. The van der Waals surface area contributed by atoms with Crippen LogP contribution in [0.15, 0.2) is 55.4 Å².